The van der Waals surface area contributed by atoms with Crippen molar-refractivity contribution < 1.29 is 9.15 Å². The molecule has 0 radical (unpaired) electrons. The molecule has 4 nitrogen and oxygen atoms in total. The van der Waals surface area contributed by atoms with Crippen molar-refractivity contribution >= 4 is 0 Å². The molecule has 2 heterocycles. The molecule has 1 fully saturated rings. The van der Waals surface area contributed by atoms with Crippen LogP contribution in [0.15, 0.2) is 16.7 Å². The van der Waals surface area contributed by atoms with E-state index in [1.54, 1.807) is 6.26 Å². The first kappa shape index (κ1) is 13.6. The molecule has 1 aromatic rings. The molecule has 2 rings (SSSR count). The fraction of sp³-hybridized carbons (Fsp3) is 0.714. The molecule has 1 N–H and O–H groups in total. The smallest absolute Gasteiger partial charge is 0.105 e. The molecular weight excluding hydrogens is 228 g/mol. The zero-order valence-corrected chi connectivity index (χ0v) is 11.7. The third-order valence-electron chi connectivity index (χ3n) is 3.75. The van der Waals surface area contributed by atoms with Crippen LogP contribution < -0.4 is 5.32 Å². The van der Waals surface area contributed by atoms with Gasteiger partial charge in [-0.15, -0.1) is 0 Å². The van der Waals surface area contributed by atoms with E-state index >= 15 is 0 Å². The maximum atomic E-state index is 5.59. The van der Waals surface area contributed by atoms with E-state index in [1.807, 2.05) is 14.0 Å². The average Bonchev–Trinajstić information content (AvgIpc) is 2.90. The number of ether oxygens (including phenoxy) is 1. The van der Waals surface area contributed by atoms with Gasteiger partial charge < -0.3 is 19.4 Å². The first-order valence-electron chi connectivity index (χ1n) is 6.59. The highest BCUT2D eigenvalue weighted by Gasteiger charge is 2.35. The summed E-state index contributed by atoms with van der Waals surface area (Å²) in [6.45, 7) is 6.78. The molecule has 0 spiro atoms. The minimum absolute atomic E-state index is 0.265. The molecule has 18 heavy (non-hydrogen) atoms. The van der Waals surface area contributed by atoms with Crippen LogP contribution in [0.1, 0.15) is 17.7 Å². The van der Waals surface area contributed by atoms with E-state index in [-0.39, 0.29) is 5.41 Å². The highest BCUT2D eigenvalue weighted by atomic mass is 16.5. The third-order valence-corrected chi connectivity index (χ3v) is 3.75. The van der Waals surface area contributed by atoms with Crippen molar-refractivity contribution in [2.75, 3.05) is 40.4 Å². The Hall–Kier alpha value is -0.840. The van der Waals surface area contributed by atoms with Gasteiger partial charge in [0.15, 0.2) is 0 Å². The van der Waals surface area contributed by atoms with Gasteiger partial charge in [0.1, 0.15) is 5.76 Å². The lowest BCUT2D eigenvalue weighted by Crippen LogP contribution is -2.42. The van der Waals surface area contributed by atoms with Gasteiger partial charge in [0.2, 0.25) is 0 Å². The molecule has 1 aromatic heterocycles. The Balaban J connectivity index is 1.93. The Kier molecular flexibility index (Phi) is 4.43. The molecule has 1 aliphatic heterocycles. The van der Waals surface area contributed by atoms with Gasteiger partial charge in [0.05, 0.1) is 12.9 Å². The van der Waals surface area contributed by atoms with Gasteiger partial charge >= 0.3 is 0 Å². The van der Waals surface area contributed by atoms with Crippen LogP contribution in [-0.2, 0) is 11.3 Å². The number of nitrogens with zero attached hydrogens (tertiary/aromatic N) is 1. The van der Waals surface area contributed by atoms with Crippen LogP contribution in [0.2, 0.25) is 0 Å². The van der Waals surface area contributed by atoms with E-state index in [4.69, 9.17) is 9.15 Å². The topological polar surface area (TPSA) is 37.6 Å². The van der Waals surface area contributed by atoms with Crippen molar-refractivity contribution in [1.82, 2.24) is 10.2 Å². The average molecular weight is 252 g/mol. The van der Waals surface area contributed by atoms with E-state index in [1.165, 1.54) is 5.56 Å². The van der Waals surface area contributed by atoms with Crippen molar-refractivity contribution in [2.24, 2.45) is 5.41 Å². The summed E-state index contributed by atoms with van der Waals surface area (Å²) in [7, 11) is 4.18. The van der Waals surface area contributed by atoms with Gasteiger partial charge in [0, 0.05) is 37.2 Å². The second-order valence-electron chi connectivity index (χ2n) is 5.51. The third kappa shape index (κ3) is 3.13. The summed E-state index contributed by atoms with van der Waals surface area (Å²) >= 11 is 0. The lowest BCUT2D eigenvalue weighted by Gasteiger charge is -2.32. The summed E-state index contributed by atoms with van der Waals surface area (Å²) in [5.74, 6) is 1.02. The Bertz CT molecular complexity index is 370. The predicted octanol–water partition coefficient (Wildman–Crippen LogP) is 1.65. The molecular formula is C14H24N2O2. The fourth-order valence-corrected chi connectivity index (χ4v) is 2.84. The largest absolute Gasteiger partial charge is 0.469 e. The van der Waals surface area contributed by atoms with Crippen molar-refractivity contribution in [3.63, 3.8) is 0 Å². The van der Waals surface area contributed by atoms with Crippen molar-refractivity contribution in [2.45, 2.75) is 19.9 Å². The highest BCUT2D eigenvalue weighted by Crippen LogP contribution is 2.29. The van der Waals surface area contributed by atoms with E-state index in [0.717, 1.165) is 45.0 Å². The predicted molar refractivity (Wildman–Crippen MR) is 71.6 cm³/mol. The van der Waals surface area contributed by atoms with Crippen LogP contribution in [0.4, 0.5) is 0 Å². The molecule has 0 aromatic carbocycles. The van der Waals surface area contributed by atoms with Gasteiger partial charge in [-0.25, -0.2) is 0 Å². The van der Waals surface area contributed by atoms with Crippen LogP contribution in [-0.4, -0.2) is 45.3 Å². The minimum Gasteiger partial charge on any atom is -0.469 e. The minimum atomic E-state index is 0.265. The van der Waals surface area contributed by atoms with E-state index in [0.29, 0.717) is 0 Å². The normalized spacial score (nSPS) is 24.0. The van der Waals surface area contributed by atoms with E-state index in [2.05, 4.69) is 23.3 Å². The lowest BCUT2D eigenvalue weighted by molar-refractivity contribution is 0.118. The quantitative estimate of drug-likeness (QED) is 0.835. The Labute approximate surface area is 109 Å². The number of hydrogen-bond donors (Lipinski definition) is 1. The molecule has 4 heteroatoms. The van der Waals surface area contributed by atoms with Crippen molar-refractivity contribution in [1.29, 1.82) is 0 Å². The molecule has 1 unspecified atom stereocenters. The van der Waals surface area contributed by atoms with Crippen molar-refractivity contribution in [3.8, 4) is 0 Å². The maximum absolute atomic E-state index is 5.59. The summed E-state index contributed by atoms with van der Waals surface area (Å²) in [6.07, 6.45) is 2.91. The zero-order chi connectivity index (χ0) is 13.0. The molecule has 0 saturated carbocycles. The summed E-state index contributed by atoms with van der Waals surface area (Å²) < 4.78 is 10.9. The van der Waals surface area contributed by atoms with E-state index < -0.39 is 0 Å². The SMILES string of the molecule is CNCC1(CN(C)Cc2ccoc2C)CCOC1. The van der Waals surface area contributed by atoms with E-state index in [9.17, 15) is 0 Å². The number of rotatable bonds is 6. The summed E-state index contributed by atoms with van der Waals surface area (Å²) in [6, 6.07) is 2.06. The first-order valence-corrected chi connectivity index (χ1v) is 6.59. The number of furan rings is 1. The van der Waals surface area contributed by atoms with Gasteiger partial charge in [-0.1, -0.05) is 0 Å². The number of nitrogens with one attached hydrogen (secondary N) is 1. The molecule has 0 amide bonds. The van der Waals surface area contributed by atoms with Crippen molar-refractivity contribution in [3.05, 3.63) is 23.7 Å². The monoisotopic (exact) mass is 252 g/mol. The van der Waals surface area contributed by atoms with Crippen LogP contribution in [0, 0.1) is 12.3 Å². The van der Waals surface area contributed by atoms with Gasteiger partial charge in [-0.05, 0) is 33.5 Å². The molecule has 0 aliphatic carbocycles. The second-order valence-corrected chi connectivity index (χ2v) is 5.51. The van der Waals surface area contributed by atoms with Crippen LogP contribution in [0.3, 0.4) is 0 Å². The lowest BCUT2D eigenvalue weighted by atomic mass is 9.86. The first-order chi connectivity index (χ1) is 8.65. The highest BCUT2D eigenvalue weighted by molar-refractivity contribution is 5.15. The standard InChI is InChI=1S/C14H24N2O2/c1-12-13(4-6-18-12)8-16(3)10-14(9-15-2)5-7-17-11-14/h4,6,15H,5,7-11H2,1-3H3. The van der Waals surface area contributed by atoms with Gasteiger partial charge in [-0.3, -0.25) is 0 Å². The molecule has 1 atom stereocenters. The van der Waals surface area contributed by atoms with Crippen LogP contribution in [0.25, 0.3) is 0 Å². The summed E-state index contributed by atoms with van der Waals surface area (Å²) in [5.41, 5.74) is 1.54. The summed E-state index contributed by atoms with van der Waals surface area (Å²) in [4.78, 5) is 2.36. The Morgan fingerprint density at radius 3 is 2.89 bits per heavy atom. The zero-order valence-electron chi connectivity index (χ0n) is 11.7. The number of aryl methyl sites for hydroxylation is 1. The maximum Gasteiger partial charge on any atom is 0.105 e. The van der Waals surface area contributed by atoms with Gasteiger partial charge in [-0.2, -0.15) is 0 Å². The Morgan fingerprint density at radius 2 is 2.33 bits per heavy atom. The molecule has 102 valence electrons. The Morgan fingerprint density at radius 1 is 1.50 bits per heavy atom. The fourth-order valence-electron chi connectivity index (χ4n) is 2.84. The van der Waals surface area contributed by atoms with Gasteiger partial charge in [0.25, 0.3) is 0 Å². The van der Waals surface area contributed by atoms with Crippen LogP contribution in [0.5, 0.6) is 0 Å². The van der Waals surface area contributed by atoms with Crippen LogP contribution >= 0.6 is 0 Å². The number of hydrogen-bond acceptors (Lipinski definition) is 4. The summed E-state index contributed by atoms with van der Waals surface area (Å²) in [5, 5.41) is 3.30. The molecule has 1 saturated heterocycles. The molecule has 1 aliphatic rings. The second kappa shape index (κ2) is 5.87. The molecule has 0 bridgehead atoms.